The molecule has 0 saturated carbocycles. The molecule has 1 aromatic rings. The van der Waals surface area contributed by atoms with Crippen molar-refractivity contribution in [3.63, 3.8) is 0 Å². The number of nitrogens with zero attached hydrogens (tertiary/aromatic N) is 2. The quantitative estimate of drug-likeness (QED) is 0.229. The number of hydrogen-bond acceptors (Lipinski definition) is 4. The molecule has 0 spiro atoms. The van der Waals surface area contributed by atoms with Gasteiger partial charge in [-0.25, -0.2) is 0 Å². The monoisotopic (exact) mass is 490 g/mol. The molecule has 0 radical (unpaired) electrons. The predicted octanol–water partition coefficient (Wildman–Crippen LogP) is 2.49. The smallest absolute Gasteiger partial charge is 0.191 e. The standard InChI is InChI=1S/C20H34N4O2.HI/c1-21-20(22-11-16-26-17-18-7-4-3-5-8-18)23-19-9-13-24(14-10-19)12-6-15-25-2;/h3-5,7-8,19H,6,9-17H2,1-2H3,(H2,21,22,23);1H. The molecule has 154 valence electrons. The van der Waals surface area contributed by atoms with Gasteiger partial charge in [0.1, 0.15) is 0 Å². The van der Waals surface area contributed by atoms with Gasteiger partial charge in [-0.1, -0.05) is 30.3 Å². The van der Waals surface area contributed by atoms with Crippen LogP contribution in [0.25, 0.3) is 0 Å². The Kier molecular flexibility index (Phi) is 13.5. The molecule has 6 nitrogen and oxygen atoms in total. The summed E-state index contributed by atoms with van der Waals surface area (Å²) in [5, 5.41) is 6.87. The number of likely N-dealkylation sites (tertiary alicyclic amines) is 1. The van der Waals surface area contributed by atoms with Crippen molar-refractivity contribution < 1.29 is 9.47 Å². The number of benzene rings is 1. The average Bonchev–Trinajstić information content (AvgIpc) is 2.69. The topological polar surface area (TPSA) is 58.1 Å². The molecule has 0 amide bonds. The Balaban J connectivity index is 0.00000364. The van der Waals surface area contributed by atoms with E-state index in [1.165, 1.54) is 5.56 Å². The maximum Gasteiger partial charge on any atom is 0.191 e. The van der Waals surface area contributed by atoms with Gasteiger partial charge in [0.15, 0.2) is 5.96 Å². The van der Waals surface area contributed by atoms with Gasteiger partial charge in [0, 0.05) is 53.0 Å². The van der Waals surface area contributed by atoms with Crippen LogP contribution >= 0.6 is 24.0 Å². The van der Waals surface area contributed by atoms with E-state index in [0.717, 1.165) is 58.0 Å². The molecule has 0 atom stereocenters. The number of nitrogens with one attached hydrogen (secondary N) is 2. The molecule has 2 N–H and O–H groups in total. The van der Waals surface area contributed by atoms with Crippen molar-refractivity contribution in [1.29, 1.82) is 0 Å². The summed E-state index contributed by atoms with van der Waals surface area (Å²) in [5.74, 6) is 0.867. The summed E-state index contributed by atoms with van der Waals surface area (Å²) in [5.41, 5.74) is 1.20. The number of guanidine groups is 1. The van der Waals surface area contributed by atoms with E-state index in [1.807, 2.05) is 25.2 Å². The Morgan fingerprint density at radius 1 is 1.19 bits per heavy atom. The lowest BCUT2D eigenvalue weighted by Crippen LogP contribution is -2.49. The Hall–Kier alpha value is -0.900. The van der Waals surface area contributed by atoms with Crippen molar-refractivity contribution in [2.24, 2.45) is 4.99 Å². The molecule has 2 rings (SSSR count). The number of ether oxygens (including phenoxy) is 2. The Morgan fingerprint density at radius 3 is 2.59 bits per heavy atom. The minimum Gasteiger partial charge on any atom is -0.385 e. The van der Waals surface area contributed by atoms with E-state index in [9.17, 15) is 0 Å². The lowest BCUT2D eigenvalue weighted by atomic mass is 10.1. The molecule has 1 aliphatic heterocycles. The summed E-state index contributed by atoms with van der Waals surface area (Å²) in [6.07, 6.45) is 3.41. The van der Waals surface area contributed by atoms with Crippen LogP contribution in [0.1, 0.15) is 24.8 Å². The van der Waals surface area contributed by atoms with E-state index in [-0.39, 0.29) is 24.0 Å². The van der Waals surface area contributed by atoms with Crippen LogP contribution in [-0.4, -0.2) is 70.5 Å². The van der Waals surface area contributed by atoms with Crippen molar-refractivity contribution in [3.05, 3.63) is 35.9 Å². The fourth-order valence-corrected chi connectivity index (χ4v) is 3.13. The van der Waals surface area contributed by atoms with E-state index in [0.29, 0.717) is 19.3 Å². The van der Waals surface area contributed by atoms with Gasteiger partial charge in [-0.05, 0) is 24.8 Å². The van der Waals surface area contributed by atoms with E-state index < -0.39 is 0 Å². The van der Waals surface area contributed by atoms with Crippen LogP contribution in [0.3, 0.4) is 0 Å². The summed E-state index contributed by atoms with van der Waals surface area (Å²) in [4.78, 5) is 6.85. The Morgan fingerprint density at radius 2 is 1.93 bits per heavy atom. The lowest BCUT2D eigenvalue weighted by Gasteiger charge is -2.33. The van der Waals surface area contributed by atoms with Gasteiger partial charge in [-0.15, -0.1) is 24.0 Å². The van der Waals surface area contributed by atoms with E-state index in [2.05, 4.69) is 32.7 Å². The zero-order chi connectivity index (χ0) is 18.5. The largest absolute Gasteiger partial charge is 0.385 e. The van der Waals surface area contributed by atoms with Crippen molar-refractivity contribution in [2.45, 2.75) is 31.9 Å². The van der Waals surface area contributed by atoms with Crippen LogP contribution in [0.15, 0.2) is 35.3 Å². The van der Waals surface area contributed by atoms with Crippen LogP contribution in [0, 0.1) is 0 Å². The second-order valence-electron chi connectivity index (χ2n) is 6.64. The summed E-state index contributed by atoms with van der Waals surface area (Å²) >= 11 is 0. The fourth-order valence-electron chi connectivity index (χ4n) is 3.13. The molecule has 0 aromatic heterocycles. The minimum absolute atomic E-state index is 0. The van der Waals surface area contributed by atoms with Crippen molar-refractivity contribution in [3.8, 4) is 0 Å². The number of halogens is 1. The highest BCUT2D eigenvalue weighted by Crippen LogP contribution is 2.10. The first-order chi connectivity index (χ1) is 12.8. The second kappa shape index (κ2) is 15.1. The van der Waals surface area contributed by atoms with Gasteiger partial charge in [0.05, 0.1) is 13.2 Å². The van der Waals surface area contributed by atoms with Crippen LogP contribution in [-0.2, 0) is 16.1 Å². The summed E-state index contributed by atoms with van der Waals surface area (Å²) in [6.45, 7) is 6.32. The van der Waals surface area contributed by atoms with Crippen molar-refractivity contribution in [1.82, 2.24) is 15.5 Å². The summed E-state index contributed by atoms with van der Waals surface area (Å²) < 4.78 is 10.8. The molecular formula is C20H35IN4O2. The maximum atomic E-state index is 5.70. The maximum absolute atomic E-state index is 5.70. The van der Waals surface area contributed by atoms with Gasteiger partial charge >= 0.3 is 0 Å². The highest BCUT2D eigenvalue weighted by atomic mass is 127. The summed E-state index contributed by atoms with van der Waals surface area (Å²) in [7, 11) is 3.58. The van der Waals surface area contributed by atoms with E-state index >= 15 is 0 Å². The molecule has 1 saturated heterocycles. The summed E-state index contributed by atoms with van der Waals surface area (Å²) in [6, 6.07) is 10.7. The molecule has 27 heavy (non-hydrogen) atoms. The van der Waals surface area contributed by atoms with Crippen LogP contribution in [0.2, 0.25) is 0 Å². The molecule has 1 heterocycles. The van der Waals surface area contributed by atoms with Gasteiger partial charge in [-0.2, -0.15) is 0 Å². The second-order valence-corrected chi connectivity index (χ2v) is 6.64. The number of piperidine rings is 1. The molecule has 1 aliphatic rings. The van der Waals surface area contributed by atoms with Gasteiger partial charge < -0.3 is 25.0 Å². The SMILES string of the molecule is CN=C(NCCOCc1ccccc1)NC1CCN(CCCOC)CC1.I. The molecule has 0 aliphatic carbocycles. The van der Waals surface area contributed by atoms with E-state index in [1.54, 1.807) is 7.11 Å². The zero-order valence-corrected chi connectivity index (χ0v) is 19.0. The number of methoxy groups -OCH3 is 1. The highest BCUT2D eigenvalue weighted by molar-refractivity contribution is 14.0. The van der Waals surface area contributed by atoms with Gasteiger partial charge in [0.2, 0.25) is 0 Å². The lowest BCUT2D eigenvalue weighted by molar-refractivity contribution is 0.125. The third kappa shape index (κ3) is 10.3. The highest BCUT2D eigenvalue weighted by Gasteiger charge is 2.19. The van der Waals surface area contributed by atoms with E-state index in [4.69, 9.17) is 9.47 Å². The number of hydrogen-bond donors (Lipinski definition) is 2. The normalized spacial score (nSPS) is 16.0. The average molecular weight is 490 g/mol. The van der Waals surface area contributed by atoms with Crippen LogP contribution < -0.4 is 10.6 Å². The molecule has 1 aromatic carbocycles. The predicted molar refractivity (Wildman–Crippen MR) is 122 cm³/mol. The third-order valence-corrected chi connectivity index (χ3v) is 4.63. The molecule has 7 heteroatoms. The molecule has 0 unspecified atom stereocenters. The van der Waals surface area contributed by atoms with Crippen LogP contribution in [0.5, 0.6) is 0 Å². The number of rotatable bonds is 10. The fraction of sp³-hybridized carbons (Fsp3) is 0.650. The Bertz CT molecular complexity index is 508. The zero-order valence-electron chi connectivity index (χ0n) is 16.7. The van der Waals surface area contributed by atoms with Crippen LogP contribution in [0.4, 0.5) is 0 Å². The van der Waals surface area contributed by atoms with Gasteiger partial charge in [0.25, 0.3) is 0 Å². The van der Waals surface area contributed by atoms with Gasteiger partial charge in [-0.3, -0.25) is 4.99 Å². The first-order valence-electron chi connectivity index (χ1n) is 9.62. The molecule has 0 bridgehead atoms. The first kappa shape index (κ1) is 24.1. The third-order valence-electron chi connectivity index (χ3n) is 4.63. The first-order valence-corrected chi connectivity index (χ1v) is 9.62. The minimum atomic E-state index is 0. The number of aliphatic imine (C=N–C) groups is 1. The molecule has 1 fully saturated rings. The Labute approximate surface area is 181 Å². The molecular weight excluding hydrogens is 455 g/mol. The van der Waals surface area contributed by atoms with Crippen molar-refractivity contribution >= 4 is 29.9 Å². The van der Waals surface area contributed by atoms with Crippen molar-refractivity contribution in [2.75, 3.05) is 53.6 Å².